The summed E-state index contributed by atoms with van der Waals surface area (Å²) in [4.78, 5) is 0. The Balaban J connectivity index is 1.52. The second kappa shape index (κ2) is 4.95. The van der Waals surface area contributed by atoms with E-state index in [2.05, 4.69) is 15.5 Å². The molecule has 1 atom stereocenters. The van der Waals surface area contributed by atoms with Crippen molar-refractivity contribution in [1.29, 1.82) is 0 Å². The van der Waals surface area contributed by atoms with Crippen LogP contribution in [0.3, 0.4) is 0 Å². The minimum absolute atomic E-state index is 0.0653. The maximum absolute atomic E-state index is 5.99. The van der Waals surface area contributed by atoms with Gasteiger partial charge >= 0.3 is 0 Å². The fourth-order valence-electron chi connectivity index (χ4n) is 2.77. The summed E-state index contributed by atoms with van der Waals surface area (Å²) in [7, 11) is 1.93. The van der Waals surface area contributed by atoms with Crippen molar-refractivity contribution in [3.8, 4) is 0 Å². The van der Waals surface area contributed by atoms with E-state index in [1.165, 1.54) is 0 Å². The summed E-state index contributed by atoms with van der Waals surface area (Å²) < 4.78 is 13.8. The molecule has 6 heteroatoms. The van der Waals surface area contributed by atoms with E-state index in [1.807, 2.05) is 11.6 Å². The first-order valence-electron chi connectivity index (χ1n) is 6.57. The number of aromatic nitrogens is 3. The molecule has 6 nitrogen and oxygen atoms in total. The van der Waals surface area contributed by atoms with Gasteiger partial charge in [-0.2, -0.15) is 0 Å². The molecular formula is C12H20N4O2. The molecule has 2 fully saturated rings. The quantitative estimate of drug-likeness (QED) is 0.835. The lowest BCUT2D eigenvalue weighted by Gasteiger charge is -2.32. The van der Waals surface area contributed by atoms with Crippen molar-refractivity contribution in [3.63, 3.8) is 0 Å². The third-order valence-electron chi connectivity index (χ3n) is 3.94. The maximum Gasteiger partial charge on any atom is 0.158 e. The molecule has 2 aliphatic heterocycles. The third kappa shape index (κ3) is 2.41. The van der Waals surface area contributed by atoms with Crippen LogP contribution in [-0.2, 0) is 23.1 Å². The SMILES string of the molecule is Cn1cnnc1COC1COC2(CCNCC2)C1. The summed E-state index contributed by atoms with van der Waals surface area (Å²) in [6.07, 6.45) is 5.08. The molecule has 1 aromatic heterocycles. The summed E-state index contributed by atoms with van der Waals surface area (Å²) >= 11 is 0. The Morgan fingerprint density at radius 3 is 3.11 bits per heavy atom. The third-order valence-corrected chi connectivity index (χ3v) is 3.94. The van der Waals surface area contributed by atoms with Crippen LogP contribution in [0.15, 0.2) is 6.33 Å². The minimum atomic E-state index is 0.0653. The van der Waals surface area contributed by atoms with Crippen molar-refractivity contribution < 1.29 is 9.47 Å². The zero-order valence-electron chi connectivity index (χ0n) is 10.8. The lowest BCUT2D eigenvalue weighted by molar-refractivity contribution is -0.0244. The number of nitrogens with zero attached hydrogens (tertiary/aromatic N) is 3. The van der Waals surface area contributed by atoms with Gasteiger partial charge in [-0.1, -0.05) is 0 Å². The zero-order valence-corrected chi connectivity index (χ0v) is 10.8. The Kier molecular flexibility index (Phi) is 3.32. The van der Waals surface area contributed by atoms with E-state index in [9.17, 15) is 0 Å². The van der Waals surface area contributed by atoms with Crippen LogP contribution in [0.25, 0.3) is 0 Å². The molecule has 0 aromatic carbocycles. The van der Waals surface area contributed by atoms with Crippen molar-refractivity contribution in [3.05, 3.63) is 12.2 Å². The van der Waals surface area contributed by atoms with Crippen LogP contribution in [0, 0.1) is 0 Å². The van der Waals surface area contributed by atoms with Crippen molar-refractivity contribution in [1.82, 2.24) is 20.1 Å². The van der Waals surface area contributed by atoms with Crippen molar-refractivity contribution in [2.24, 2.45) is 7.05 Å². The Morgan fingerprint density at radius 1 is 1.56 bits per heavy atom. The molecule has 0 amide bonds. The number of piperidine rings is 1. The average Bonchev–Trinajstić information content (AvgIpc) is 2.96. The molecular weight excluding hydrogens is 232 g/mol. The second-order valence-corrected chi connectivity index (χ2v) is 5.24. The van der Waals surface area contributed by atoms with Gasteiger partial charge in [0.05, 0.1) is 18.3 Å². The number of hydrogen-bond acceptors (Lipinski definition) is 5. The van der Waals surface area contributed by atoms with Gasteiger partial charge in [0.25, 0.3) is 0 Å². The van der Waals surface area contributed by atoms with Gasteiger partial charge < -0.3 is 19.4 Å². The summed E-state index contributed by atoms with van der Waals surface area (Å²) in [5.41, 5.74) is 0.0653. The van der Waals surface area contributed by atoms with Crippen LogP contribution in [-0.4, -0.2) is 46.2 Å². The van der Waals surface area contributed by atoms with E-state index >= 15 is 0 Å². The van der Waals surface area contributed by atoms with E-state index in [0.717, 1.165) is 38.2 Å². The first-order chi connectivity index (χ1) is 8.77. The molecule has 1 unspecified atom stereocenters. The fraction of sp³-hybridized carbons (Fsp3) is 0.833. The van der Waals surface area contributed by atoms with E-state index in [0.29, 0.717) is 13.2 Å². The van der Waals surface area contributed by atoms with Gasteiger partial charge in [-0.15, -0.1) is 10.2 Å². The lowest BCUT2D eigenvalue weighted by atomic mass is 9.89. The van der Waals surface area contributed by atoms with Gasteiger partial charge in [0.15, 0.2) is 5.82 Å². The standard InChI is InChI=1S/C12H20N4O2/c1-16-9-14-15-11(16)8-17-10-6-12(18-7-10)2-4-13-5-3-12/h9-10,13H,2-8H2,1H3. The second-order valence-electron chi connectivity index (χ2n) is 5.24. The molecule has 0 aliphatic carbocycles. The number of ether oxygens (including phenoxy) is 2. The molecule has 0 radical (unpaired) electrons. The van der Waals surface area contributed by atoms with E-state index in [-0.39, 0.29) is 11.7 Å². The summed E-state index contributed by atoms with van der Waals surface area (Å²) in [6, 6.07) is 0. The summed E-state index contributed by atoms with van der Waals surface area (Å²) in [5, 5.41) is 11.2. The highest BCUT2D eigenvalue weighted by molar-refractivity contribution is 4.93. The van der Waals surface area contributed by atoms with Gasteiger partial charge in [-0.3, -0.25) is 0 Å². The van der Waals surface area contributed by atoms with Crippen LogP contribution in [0.4, 0.5) is 0 Å². The Labute approximate surface area is 107 Å². The van der Waals surface area contributed by atoms with Gasteiger partial charge in [-0.05, 0) is 25.9 Å². The highest BCUT2D eigenvalue weighted by Gasteiger charge is 2.41. The molecule has 1 spiro atoms. The molecule has 100 valence electrons. The minimum Gasteiger partial charge on any atom is -0.372 e. The highest BCUT2D eigenvalue weighted by Crippen LogP contribution is 2.35. The molecule has 3 rings (SSSR count). The number of rotatable bonds is 3. The fourth-order valence-corrected chi connectivity index (χ4v) is 2.77. The van der Waals surface area contributed by atoms with Crippen LogP contribution in [0.5, 0.6) is 0 Å². The molecule has 1 N–H and O–H groups in total. The predicted octanol–water partition coefficient (Wildman–Crippen LogP) is 0.243. The number of hydrogen-bond donors (Lipinski definition) is 1. The first kappa shape index (κ1) is 12.1. The summed E-state index contributed by atoms with van der Waals surface area (Å²) in [5.74, 6) is 0.862. The maximum atomic E-state index is 5.99. The van der Waals surface area contributed by atoms with Crippen molar-refractivity contribution in [2.45, 2.75) is 37.6 Å². The number of nitrogens with one attached hydrogen (secondary N) is 1. The van der Waals surface area contributed by atoms with E-state index < -0.39 is 0 Å². The largest absolute Gasteiger partial charge is 0.372 e. The Morgan fingerprint density at radius 2 is 2.39 bits per heavy atom. The average molecular weight is 252 g/mol. The Hall–Kier alpha value is -0.980. The molecule has 3 heterocycles. The van der Waals surface area contributed by atoms with E-state index in [4.69, 9.17) is 9.47 Å². The topological polar surface area (TPSA) is 61.2 Å². The van der Waals surface area contributed by atoms with Crippen molar-refractivity contribution in [2.75, 3.05) is 19.7 Å². The smallest absolute Gasteiger partial charge is 0.158 e. The van der Waals surface area contributed by atoms with Gasteiger partial charge in [-0.25, -0.2) is 0 Å². The molecule has 1 aromatic rings. The summed E-state index contributed by atoms with van der Waals surface area (Å²) in [6.45, 7) is 3.32. The van der Waals surface area contributed by atoms with Gasteiger partial charge in [0.1, 0.15) is 12.9 Å². The van der Waals surface area contributed by atoms with E-state index in [1.54, 1.807) is 6.33 Å². The van der Waals surface area contributed by atoms with Crippen LogP contribution < -0.4 is 5.32 Å². The Bertz CT molecular complexity index is 401. The van der Waals surface area contributed by atoms with Gasteiger partial charge in [0.2, 0.25) is 0 Å². The number of aryl methyl sites for hydroxylation is 1. The normalized spacial score (nSPS) is 26.8. The monoisotopic (exact) mass is 252 g/mol. The lowest BCUT2D eigenvalue weighted by Crippen LogP contribution is -2.41. The van der Waals surface area contributed by atoms with Gasteiger partial charge in [0, 0.05) is 13.5 Å². The van der Waals surface area contributed by atoms with Crippen molar-refractivity contribution >= 4 is 0 Å². The van der Waals surface area contributed by atoms with Crippen LogP contribution in [0.2, 0.25) is 0 Å². The highest BCUT2D eigenvalue weighted by atomic mass is 16.6. The molecule has 0 saturated carbocycles. The van der Waals surface area contributed by atoms with Crippen LogP contribution >= 0.6 is 0 Å². The molecule has 0 bridgehead atoms. The first-order valence-corrected chi connectivity index (χ1v) is 6.57. The molecule has 2 aliphatic rings. The van der Waals surface area contributed by atoms with Crippen LogP contribution in [0.1, 0.15) is 25.1 Å². The predicted molar refractivity (Wildman–Crippen MR) is 65.0 cm³/mol. The zero-order chi connectivity index (χ0) is 12.4. The molecule has 2 saturated heterocycles. The molecule has 18 heavy (non-hydrogen) atoms.